The maximum atomic E-state index is 11.2. The maximum absolute atomic E-state index is 11.2. The first-order valence-corrected chi connectivity index (χ1v) is 11.0. The molecule has 27 heavy (non-hydrogen) atoms. The topological polar surface area (TPSA) is 212 Å². The Kier molecular flexibility index (Phi) is 5.72. The number of ether oxygens (including phenoxy) is 1. The third kappa shape index (κ3) is 4.90. The molecule has 1 saturated heterocycles. The van der Waals surface area contributed by atoms with Crippen LogP contribution in [-0.4, -0.2) is 57.9 Å². The zero-order chi connectivity index (χ0) is 20.0. The number of rotatable bonds is 6. The second-order valence-corrected chi connectivity index (χ2v) is 8.61. The molecular weight excluding hydrogens is 476 g/mol. The highest BCUT2D eigenvalue weighted by Crippen LogP contribution is 2.46. The SMILES string of the molecule is Nc1ncnc2c1nc(Br)n2[C@H]1C[C@H](OP(=O)(O)O)[C@@H](COP(=O)(O)O)O1. The van der Waals surface area contributed by atoms with E-state index in [2.05, 4.69) is 39.9 Å². The van der Waals surface area contributed by atoms with Crippen molar-refractivity contribution in [2.24, 2.45) is 0 Å². The average Bonchev–Trinajstić information content (AvgIpc) is 3.04. The van der Waals surface area contributed by atoms with Crippen LogP contribution in [0.5, 0.6) is 0 Å². The van der Waals surface area contributed by atoms with Crippen molar-refractivity contribution in [3.63, 3.8) is 0 Å². The molecule has 0 spiro atoms. The summed E-state index contributed by atoms with van der Waals surface area (Å²) < 4.78 is 38.5. The molecule has 0 unspecified atom stereocenters. The highest BCUT2D eigenvalue weighted by molar-refractivity contribution is 9.10. The number of anilines is 1. The number of phosphoric acid groups is 2. The third-order valence-electron chi connectivity index (χ3n) is 3.61. The molecule has 0 aromatic carbocycles. The Morgan fingerprint density at radius 3 is 2.63 bits per heavy atom. The molecule has 0 bridgehead atoms. The summed E-state index contributed by atoms with van der Waals surface area (Å²) in [6.07, 6.45) is -2.17. The monoisotopic (exact) mass is 489 g/mol. The summed E-state index contributed by atoms with van der Waals surface area (Å²) in [6, 6.07) is 0. The van der Waals surface area contributed by atoms with Gasteiger partial charge in [0.2, 0.25) is 0 Å². The molecule has 1 aliphatic rings. The van der Waals surface area contributed by atoms with Crippen LogP contribution in [0.2, 0.25) is 0 Å². The third-order valence-corrected chi connectivity index (χ3v) is 5.20. The summed E-state index contributed by atoms with van der Waals surface area (Å²) in [7, 11) is -9.73. The maximum Gasteiger partial charge on any atom is 0.469 e. The Morgan fingerprint density at radius 2 is 2.00 bits per heavy atom. The van der Waals surface area contributed by atoms with Gasteiger partial charge in [0.05, 0.1) is 6.61 Å². The van der Waals surface area contributed by atoms with E-state index in [0.29, 0.717) is 0 Å². The first kappa shape index (κ1) is 20.7. The Morgan fingerprint density at radius 1 is 1.30 bits per heavy atom. The smallest absolute Gasteiger partial charge is 0.382 e. The predicted octanol–water partition coefficient (Wildman–Crippen LogP) is 0.0457. The first-order chi connectivity index (χ1) is 12.4. The van der Waals surface area contributed by atoms with Crippen LogP contribution in [0.3, 0.4) is 0 Å². The fourth-order valence-corrected chi connectivity index (χ4v) is 4.11. The van der Waals surface area contributed by atoms with Crippen molar-refractivity contribution in [1.82, 2.24) is 19.5 Å². The van der Waals surface area contributed by atoms with Gasteiger partial charge >= 0.3 is 15.6 Å². The van der Waals surface area contributed by atoms with Crippen molar-refractivity contribution in [1.29, 1.82) is 0 Å². The Balaban J connectivity index is 1.91. The summed E-state index contributed by atoms with van der Waals surface area (Å²) in [5.74, 6) is 0.113. The standard InChI is InChI=1S/C10H14BrN5O9P2/c11-10-15-7-8(12)13-3-14-9(7)16(10)6-1-4(25-27(20,21)22)5(24-6)2-23-26(17,18)19/h3-6H,1-2H2,(H2,12,13,14)(H2,17,18,19)(H2,20,21,22)/t4-,5+,6+/m0/s1. The van der Waals surface area contributed by atoms with Crippen molar-refractivity contribution in [2.45, 2.75) is 24.9 Å². The fraction of sp³-hybridized carbons (Fsp3) is 0.500. The number of imidazole rings is 1. The van der Waals surface area contributed by atoms with Gasteiger partial charge < -0.3 is 30.0 Å². The molecule has 3 rings (SSSR count). The molecule has 2 aromatic rings. The van der Waals surface area contributed by atoms with Crippen molar-refractivity contribution in [3.05, 3.63) is 11.1 Å². The molecule has 17 heteroatoms. The summed E-state index contributed by atoms with van der Waals surface area (Å²) in [6.45, 7) is -0.660. The van der Waals surface area contributed by atoms with Gasteiger partial charge in [0.1, 0.15) is 24.8 Å². The van der Waals surface area contributed by atoms with Crippen molar-refractivity contribution < 1.29 is 42.5 Å². The lowest BCUT2D eigenvalue weighted by Crippen LogP contribution is -2.28. The predicted molar refractivity (Wildman–Crippen MR) is 90.9 cm³/mol. The molecule has 1 fully saturated rings. The van der Waals surface area contributed by atoms with Gasteiger partial charge in [0.15, 0.2) is 21.7 Å². The number of nitrogens with zero attached hydrogens (tertiary/aromatic N) is 4. The number of hydrogen-bond acceptors (Lipinski definition) is 9. The van der Waals surface area contributed by atoms with Gasteiger partial charge in [-0.2, -0.15) is 0 Å². The zero-order valence-electron chi connectivity index (χ0n) is 13.2. The molecular formula is C10H14BrN5O9P2. The second-order valence-electron chi connectivity index (χ2n) is 5.47. The van der Waals surface area contributed by atoms with Crippen LogP contribution in [0.4, 0.5) is 5.82 Å². The largest absolute Gasteiger partial charge is 0.469 e. The minimum atomic E-state index is -4.90. The summed E-state index contributed by atoms with van der Waals surface area (Å²) in [4.78, 5) is 47.9. The van der Waals surface area contributed by atoms with Gasteiger partial charge in [-0.15, -0.1) is 0 Å². The number of phosphoric ester groups is 2. The first-order valence-electron chi connectivity index (χ1n) is 7.18. The highest BCUT2D eigenvalue weighted by Gasteiger charge is 2.42. The number of fused-ring (bicyclic) bond motifs is 1. The van der Waals surface area contributed by atoms with E-state index in [9.17, 15) is 9.13 Å². The van der Waals surface area contributed by atoms with Crippen LogP contribution in [0.15, 0.2) is 11.1 Å². The molecule has 0 radical (unpaired) electrons. The molecule has 0 aliphatic carbocycles. The van der Waals surface area contributed by atoms with Gasteiger partial charge in [-0.25, -0.2) is 24.1 Å². The van der Waals surface area contributed by atoms with Crippen molar-refractivity contribution in [2.75, 3.05) is 12.3 Å². The number of nitrogen functional groups attached to an aromatic ring is 1. The lowest BCUT2D eigenvalue weighted by atomic mass is 10.2. The van der Waals surface area contributed by atoms with E-state index < -0.39 is 40.7 Å². The number of aromatic nitrogens is 4. The molecule has 3 atom stereocenters. The quantitative estimate of drug-likeness (QED) is 0.268. The molecule has 0 amide bonds. The summed E-state index contributed by atoms with van der Waals surface area (Å²) in [5.41, 5.74) is 6.30. The van der Waals surface area contributed by atoms with Crippen LogP contribution < -0.4 is 5.73 Å². The van der Waals surface area contributed by atoms with Crippen LogP contribution in [0.1, 0.15) is 12.6 Å². The number of hydrogen-bond donors (Lipinski definition) is 5. The van der Waals surface area contributed by atoms with E-state index in [1.807, 2.05) is 0 Å². The minimum Gasteiger partial charge on any atom is -0.382 e. The Bertz CT molecular complexity index is 945. The van der Waals surface area contributed by atoms with Crippen molar-refractivity contribution in [3.8, 4) is 0 Å². The summed E-state index contributed by atoms with van der Waals surface area (Å²) in [5, 5.41) is 0. The van der Waals surface area contributed by atoms with Crippen LogP contribution in [0, 0.1) is 0 Å². The van der Waals surface area contributed by atoms with Gasteiger partial charge in [-0.1, -0.05) is 0 Å². The molecule has 1 aliphatic heterocycles. The Hall–Kier alpha value is -0.990. The number of nitrogens with two attached hydrogens (primary N) is 1. The van der Waals surface area contributed by atoms with Gasteiger partial charge in [-0.3, -0.25) is 13.6 Å². The minimum absolute atomic E-state index is 0.0890. The van der Waals surface area contributed by atoms with Crippen molar-refractivity contribution >= 4 is 48.6 Å². The molecule has 150 valence electrons. The van der Waals surface area contributed by atoms with Gasteiger partial charge in [0.25, 0.3) is 0 Å². The average molecular weight is 490 g/mol. The van der Waals surface area contributed by atoms with E-state index in [0.717, 1.165) is 0 Å². The molecule has 3 heterocycles. The molecule has 14 nitrogen and oxygen atoms in total. The second kappa shape index (κ2) is 7.44. The number of halogens is 1. The van der Waals surface area contributed by atoms with E-state index in [1.54, 1.807) is 0 Å². The van der Waals surface area contributed by atoms with E-state index >= 15 is 0 Å². The van der Waals surface area contributed by atoms with Crippen LogP contribution >= 0.6 is 31.6 Å². The highest BCUT2D eigenvalue weighted by atomic mass is 79.9. The fourth-order valence-electron chi connectivity index (χ4n) is 2.62. The van der Waals surface area contributed by atoms with Gasteiger partial charge in [0, 0.05) is 6.42 Å². The Labute approximate surface area is 159 Å². The molecule has 6 N–H and O–H groups in total. The zero-order valence-corrected chi connectivity index (χ0v) is 16.6. The van der Waals surface area contributed by atoms with Gasteiger partial charge in [-0.05, 0) is 15.9 Å². The van der Waals surface area contributed by atoms with E-state index in [4.69, 9.17) is 30.0 Å². The van der Waals surface area contributed by atoms with Crippen LogP contribution in [-0.2, 0) is 22.9 Å². The molecule has 2 aromatic heterocycles. The molecule has 0 saturated carbocycles. The summed E-state index contributed by atoms with van der Waals surface area (Å²) >= 11 is 3.22. The van der Waals surface area contributed by atoms with E-state index in [1.165, 1.54) is 10.9 Å². The van der Waals surface area contributed by atoms with Crippen LogP contribution in [0.25, 0.3) is 11.2 Å². The lowest BCUT2D eigenvalue weighted by Gasteiger charge is -2.19. The van der Waals surface area contributed by atoms with E-state index in [-0.39, 0.29) is 28.1 Å². The lowest BCUT2D eigenvalue weighted by molar-refractivity contribution is -0.0424. The normalized spacial score (nSPS) is 24.0.